The first-order valence-corrected chi connectivity index (χ1v) is 6.94. The van der Waals surface area contributed by atoms with Crippen LogP contribution in [-0.4, -0.2) is 32.1 Å². The quantitative estimate of drug-likeness (QED) is 0.457. The lowest BCUT2D eigenvalue weighted by atomic mass is 9.91. The molecular formula is C15H19F3N2O3. The highest BCUT2D eigenvalue weighted by Crippen LogP contribution is 2.23. The number of hydrogen-bond donors (Lipinski definition) is 2. The molecule has 2 amide bonds. The first kappa shape index (κ1) is 19.0. The molecule has 0 bridgehead atoms. The maximum atomic E-state index is 13.6. The van der Waals surface area contributed by atoms with Crippen LogP contribution in [0.1, 0.15) is 20.3 Å². The average Bonchev–Trinajstić information content (AvgIpc) is 2.51. The first-order chi connectivity index (χ1) is 10.7. The summed E-state index contributed by atoms with van der Waals surface area (Å²) in [7, 11) is 1.52. The molecule has 5 nitrogen and oxygen atoms in total. The summed E-state index contributed by atoms with van der Waals surface area (Å²) >= 11 is 0. The van der Waals surface area contributed by atoms with Crippen LogP contribution in [0.5, 0.6) is 0 Å². The van der Waals surface area contributed by atoms with Crippen molar-refractivity contribution < 1.29 is 27.5 Å². The van der Waals surface area contributed by atoms with Gasteiger partial charge >= 0.3 is 0 Å². The second kappa shape index (κ2) is 7.96. The van der Waals surface area contributed by atoms with E-state index in [1.165, 1.54) is 21.0 Å². The summed E-state index contributed by atoms with van der Waals surface area (Å²) in [5.74, 6) is -5.99. The Balaban J connectivity index is 2.75. The van der Waals surface area contributed by atoms with E-state index >= 15 is 0 Å². The minimum atomic E-state index is -1.69. The van der Waals surface area contributed by atoms with Crippen LogP contribution in [0, 0.1) is 22.9 Å². The van der Waals surface area contributed by atoms with E-state index in [2.05, 4.69) is 10.6 Å². The summed E-state index contributed by atoms with van der Waals surface area (Å²) in [5.41, 5.74) is -2.06. The molecule has 0 saturated carbocycles. The number of nitrogens with one attached hydrogen (secondary N) is 2. The van der Waals surface area contributed by atoms with E-state index in [0.29, 0.717) is 25.6 Å². The molecule has 0 saturated heterocycles. The van der Waals surface area contributed by atoms with Gasteiger partial charge in [0.15, 0.2) is 17.5 Å². The Labute approximate surface area is 132 Å². The molecule has 1 aromatic carbocycles. The van der Waals surface area contributed by atoms with Gasteiger partial charge in [0.1, 0.15) is 5.41 Å². The second-order valence-corrected chi connectivity index (χ2v) is 5.40. The van der Waals surface area contributed by atoms with Gasteiger partial charge in [-0.1, -0.05) is 0 Å². The van der Waals surface area contributed by atoms with Crippen LogP contribution < -0.4 is 10.6 Å². The number of ether oxygens (including phenoxy) is 1. The zero-order chi connectivity index (χ0) is 17.6. The third kappa shape index (κ3) is 4.69. The van der Waals surface area contributed by atoms with Gasteiger partial charge in [0, 0.05) is 20.3 Å². The zero-order valence-corrected chi connectivity index (χ0v) is 13.1. The third-order valence-electron chi connectivity index (χ3n) is 3.23. The average molecular weight is 332 g/mol. The Hall–Kier alpha value is -2.09. The number of hydrogen-bond acceptors (Lipinski definition) is 3. The Kier molecular flexibility index (Phi) is 6.56. The lowest BCUT2D eigenvalue weighted by Crippen LogP contribution is -2.45. The molecule has 0 atom stereocenters. The molecule has 0 aliphatic rings. The third-order valence-corrected chi connectivity index (χ3v) is 3.23. The van der Waals surface area contributed by atoms with Gasteiger partial charge in [-0.15, -0.1) is 0 Å². The lowest BCUT2D eigenvalue weighted by Gasteiger charge is -2.23. The molecule has 23 heavy (non-hydrogen) atoms. The molecule has 0 spiro atoms. The van der Waals surface area contributed by atoms with E-state index in [1.807, 2.05) is 0 Å². The Bertz CT molecular complexity index is 592. The van der Waals surface area contributed by atoms with E-state index in [9.17, 15) is 22.8 Å². The summed E-state index contributed by atoms with van der Waals surface area (Å²) in [6.07, 6.45) is 0.567. The molecule has 0 aliphatic heterocycles. The molecule has 128 valence electrons. The molecule has 2 N–H and O–H groups in total. The zero-order valence-electron chi connectivity index (χ0n) is 13.1. The number of halogens is 3. The summed E-state index contributed by atoms with van der Waals surface area (Å²) < 4.78 is 44.4. The monoisotopic (exact) mass is 332 g/mol. The number of methoxy groups -OCH3 is 1. The van der Waals surface area contributed by atoms with Crippen molar-refractivity contribution in [2.45, 2.75) is 20.3 Å². The van der Waals surface area contributed by atoms with Gasteiger partial charge in [-0.3, -0.25) is 9.59 Å². The summed E-state index contributed by atoms with van der Waals surface area (Å²) in [6, 6.07) is 1.57. The standard InChI is InChI=1S/C15H19F3N2O3/c1-15(2,13(21)19-7-4-8-23-3)14(22)20-10-6-5-9(16)11(17)12(10)18/h5-6H,4,7-8H2,1-3H3,(H,19,21)(H,20,22). The molecule has 1 aromatic rings. The highest BCUT2D eigenvalue weighted by molar-refractivity contribution is 6.09. The first-order valence-electron chi connectivity index (χ1n) is 6.94. The van der Waals surface area contributed by atoms with Crippen molar-refractivity contribution >= 4 is 17.5 Å². The van der Waals surface area contributed by atoms with E-state index < -0.39 is 40.4 Å². The fourth-order valence-electron chi connectivity index (χ4n) is 1.64. The number of anilines is 1. The van der Waals surface area contributed by atoms with Gasteiger partial charge in [-0.05, 0) is 32.4 Å². The molecule has 0 unspecified atom stereocenters. The van der Waals surface area contributed by atoms with Crippen LogP contribution in [0.4, 0.5) is 18.9 Å². The summed E-state index contributed by atoms with van der Waals surface area (Å²) in [5, 5.41) is 4.65. The van der Waals surface area contributed by atoms with Crippen molar-refractivity contribution in [3.8, 4) is 0 Å². The molecule has 0 fully saturated rings. The normalized spacial score (nSPS) is 11.2. The number of rotatable bonds is 7. The van der Waals surface area contributed by atoms with E-state index in [-0.39, 0.29) is 0 Å². The van der Waals surface area contributed by atoms with Gasteiger partial charge in [0.2, 0.25) is 11.8 Å². The van der Waals surface area contributed by atoms with Crippen molar-refractivity contribution in [3.05, 3.63) is 29.6 Å². The topological polar surface area (TPSA) is 67.4 Å². The van der Waals surface area contributed by atoms with Crippen molar-refractivity contribution in [1.29, 1.82) is 0 Å². The minimum Gasteiger partial charge on any atom is -0.385 e. The molecule has 0 aromatic heterocycles. The molecule has 0 aliphatic carbocycles. The van der Waals surface area contributed by atoms with E-state index in [4.69, 9.17) is 4.74 Å². The number of carbonyl (C=O) groups is 2. The van der Waals surface area contributed by atoms with Crippen molar-refractivity contribution in [3.63, 3.8) is 0 Å². The maximum Gasteiger partial charge on any atom is 0.239 e. The molecular weight excluding hydrogens is 313 g/mol. The molecule has 0 radical (unpaired) electrons. The summed E-state index contributed by atoms with van der Waals surface area (Å²) in [4.78, 5) is 24.2. The Morgan fingerprint density at radius 1 is 1.13 bits per heavy atom. The minimum absolute atomic E-state index is 0.308. The van der Waals surface area contributed by atoms with Gasteiger partial charge < -0.3 is 15.4 Å². The predicted octanol–water partition coefficient (Wildman–Crippen LogP) is 2.22. The molecule has 1 rings (SSSR count). The Morgan fingerprint density at radius 2 is 1.78 bits per heavy atom. The van der Waals surface area contributed by atoms with Gasteiger partial charge in [-0.2, -0.15) is 0 Å². The van der Waals surface area contributed by atoms with Crippen LogP contribution in [-0.2, 0) is 14.3 Å². The fraction of sp³-hybridized carbons (Fsp3) is 0.467. The highest BCUT2D eigenvalue weighted by atomic mass is 19.2. The van der Waals surface area contributed by atoms with Crippen molar-refractivity contribution in [1.82, 2.24) is 5.32 Å². The molecule has 0 heterocycles. The fourth-order valence-corrected chi connectivity index (χ4v) is 1.64. The number of carbonyl (C=O) groups excluding carboxylic acids is 2. The van der Waals surface area contributed by atoms with Gasteiger partial charge in [0.05, 0.1) is 5.69 Å². The van der Waals surface area contributed by atoms with E-state index in [0.717, 1.165) is 6.07 Å². The summed E-state index contributed by atoms with van der Waals surface area (Å²) in [6.45, 7) is 3.44. The predicted molar refractivity (Wildman–Crippen MR) is 78.2 cm³/mol. The SMILES string of the molecule is COCCCNC(=O)C(C)(C)C(=O)Nc1ccc(F)c(F)c1F. The van der Waals surface area contributed by atoms with Crippen LogP contribution in [0.25, 0.3) is 0 Å². The van der Waals surface area contributed by atoms with E-state index in [1.54, 1.807) is 0 Å². The van der Waals surface area contributed by atoms with Crippen molar-refractivity contribution in [2.75, 3.05) is 25.6 Å². The van der Waals surface area contributed by atoms with Crippen LogP contribution in [0.3, 0.4) is 0 Å². The Morgan fingerprint density at radius 3 is 2.39 bits per heavy atom. The smallest absolute Gasteiger partial charge is 0.239 e. The van der Waals surface area contributed by atoms with Crippen LogP contribution >= 0.6 is 0 Å². The number of benzene rings is 1. The number of amides is 2. The highest BCUT2D eigenvalue weighted by Gasteiger charge is 2.36. The maximum absolute atomic E-state index is 13.6. The van der Waals surface area contributed by atoms with Crippen LogP contribution in [0.2, 0.25) is 0 Å². The van der Waals surface area contributed by atoms with Gasteiger partial charge in [-0.25, -0.2) is 13.2 Å². The second-order valence-electron chi connectivity index (χ2n) is 5.40. The van der Waals surface area contributed by atoms with Crippen molar-refractivity contribution in [2.24, 2.45) is 5.41 Å². The molecule has 8 heteroatoms. The largest absolute Gasteiger partial charge is 0.385 e. The van der Waals surface area contributed by atoms with Gasteiger partial charge in [0.25, 0.3) is 0 Å². The lowest BCUT2D eigenvalue weighted by molar-refractivity contribution is -0.138. The van der Waals surface area contributed by atoms with Crippen LogP contribution in [0.15, 0.2) is 12.1 Å².